The summed E-state index contributed by atoms with van der Waals surface area (Å²) in [6.45, 7) is 2.33. The van der Waals surface area contributed by atoms with Gasteiger partial charge in [-0.3, -0.25) is 14.9 Å². The van der Waals surface area contributed by atoms with Gasteiger partial charge in [0.15, 0.2) is 6.61 Å². The molecule has 0 aliphatic heterocycles. The molecule has 0 aromatic heterocycles. The van der Waals surface area contributed by atoms with Crippen LogP contribution in [0.25, 0.3) is 0 Å². The molecule has 6 heteroatoms. The molecule has 0 bridgehead atoms. The zero-order valence-corrected chi connectivity index (χ0v) is 7.63. The van der Waals surface area contributed by atoms with Gasteiger partial charge in [-0.1, -0.05) is 6.92 Å². The predicted molar refractivity (Wildman–Crippen MR) is 42.5 cm³/mol. The van der Waals surface area contributed by atoms with E-state index in [2.05, 4.69) is 4.74 Å². The van der Waals surface area contributed by atoms with Crippen molar-refractivity contribution in [2.75, 3.05) is 6.61 Å². The topological polar surface area (TPSA) is 69.4 Å². The summed E-state index contributed by atoms with van der Waals surface area (Å²) in [5.74, 6) is -0.574. The Morgan fingerprint density at radius 1 is 1.75 bits per heavy atom. The van der Waals surface area contributed by atoms with Gasteiger partial charge in [0, 0.05) is 18.3 Å². The molecule has 0 spiro atoms. The zero-order chi connectivity index (χ0) is 9.78. The number of hydrogen-bond donors (Lipinski definition) is 0. The Balaban J connectivity index is 4.15. The summed E-state index contributed by atoms with van der Waals surface area (Å²) in [5, 5.41) is 10.3. The van der Waals surface area contributed by atoms with Crippen LogP contribution < -0.4 is 0 Å². The number of rotatable bonds is 4. The number of nitro groups is 1. The van der Waals surface area contributed by atoms with E-state index in [1.165, 1.54) is 6.92 Å². The molecule has 0 radical (unpaired) electrons. The Labute approximate surface area is 74.8 Å². The van der Waals surface area contributed by atoms with E-state index in [-0.39, 0.29) is 6.42 Å². The Morgan fingerprint density at radius 2 is 2.25 bits per heavy atom. The average Bonchev–Trinajstić information content (AvgIpc) is 1.99. The summed E-state index contributed by atoms with van der Waals surface area (Å²) in [5.41, 5.74) is 0. The maximum absolute atomic E-state index is 10.3. The van der Waals surface area contributed by atoms with E-state index < -0.39 is 22.5 Å². The van der Waals surface area contributed by atoms with Gasteiger partial charge < -0.3 is 4.74 Å². The van der Waals surface area contributed by atoms with Crippen LogP contribution in [0.2, 0.25) is 0 Å². The molecule has 0 amide bonds. The molecule has 70 valence electrons. The van der Waals surface area contributed by atoms with Crippen LogP contribution in [-0.4, -0.2) is 22.5 Å². The van der Waals surface area contributed by atoms with Gasteiger partial charge in [0.2, 0.25) is 0 Å². The van der Waals surface area contributed by atoms with Crippen molar-refractivity contribution in [1.29, 1.82) is 0 Å². The molecule has 0 heterocycles. The summed E-state index contributed by atoms with van der Waals surface area (Å²) >= 11 is 5.53. The molecule has 1 unspecified atom stereocenters. The number of carbonyl (C=O) groups is 1. The summed E-state index contributed by atoms with van der Waals surface area (Å²) in [4.78, 5) is 18.3. The lowest BCUT2D eigenvalue weighted by Crippen LogP contribution is -2.37. The molecule has 0 saturated heterocycles. The van der Waals surface area contributed by atoms with Crippen molar-refractivity contribution in [3.63, 3.8) is 0 Å². The number of ether oxygens (including phenoxy) is 1. The van der Waals surface area contributed by atoms with Gasteiger partial charge in [0.25, 0.3) is 0 Å². The fraction of sp³-hybridized carbons (Fsp3) is 0.833. The molecule has 0 aromatic rings. The van der Waals surface area contributed by atoms with Gasteiger partial charge in [-0.2, -0.15) is 0 Å². The molecule has 0 saturated carbocycles. The number of hydrogen-bond acceptors (Lipinski definition) is 4. The van der Waals surface area contributed by atoms with Gasteiger partial charge in [0.05, 0.1) is 0 Å². The smallest absolute Gasteiger partial charge is 0.328 e. The van der Waals surface area contributed by atoms with Gasteiger partial charge >= 0.3 is 11.0 Å². The predicted octanol–water partition coefficient (Wildman–Crippen LogP) is 1.17. The van der Waals surface area contributed by atoms with E-state index in [0.717, 1.165) is 0 Å². The number of halogens is 1. The fourth-order valence-corrected chi connectivity index (χ4v) is 0.551. The molecule has 0 rings (SSSR count). The van der Waals surface area contributed by atoms with Crippen LogP contribution in [0.5, 0.6) is 0 Å². The first-order valence-electron chi connectivity index (χ1n) is 3.39. The van der Waals surface area contributed by atoms with Crippen LogP contribution in [0.4, 0.5) is 0 Å². The Kier molecular flexibility index (Phi) is 3.95. The zero-order valence-electron chi connectivity index (χ0n) is 6.87. The minimum atomic E-state index is -1.67. The normalized spacial score (nSPS) is 14.9. The van der Waals surface area contributed by atoms with E-state index >= 15 is 0 Å². The molecular formula is C6H10ClNO4. The van der Waals surface area contributed by atoms with Crippen molar-refractivity contribution < 1.29 is 14.5 Å². The van der Waals surface area contributed by atoms with Crippen molar-refractivity contribution in [2.24, 2.45) is 0 Å². The van der Waals surface area contributed by atoms with E-state index in [9.17, 15) is 14.9 Å². The summed E-state index contributed by atoms with van der Waals surface area (Å²) in [6.07, 6.45) is 0.106. The second-order valence-electron chi connectivity index (χ2n) is 2.31. The van der Waals surface area contributed by atoms with E-state index in [4.69, 9.17) is 11.6 Å². The Morgan fingerprint density at radius 3 is 2.50 bits per heavy atom. The van der Waals surface area contributed by atoms with Gasteiger partial charge in [-0.05, 0) is 11.6 Å². The number of carbonyl (C=O) groups excluding carboxylic acids is 1. The first kappa shape index (κ1) is 11.2. The second kappa shape index (κ2) is 4.25. The SMILES string of the molecule is CCC(Cl)(COC(C)=O)[N+](=O)[O-]. The maximum atomic E-state index is 10.3. The molecule has 0 N–H and O–H groups in total. The van der Waals surface area contributed by atoms with E-state index in [1.54, 1.807) is 6.92 Å². The quantitative estimate of drug-likeness (QED) is 0.222. The van der Waals surface area contributed by atoms with Crippen LogP contribution in [0.15, 0.2) is 0 Å². The standard InChI is InChI=1S/C6H10ClNO4/c1-3-6(7,8(10)11)4-12-5(2)9/h3-4H2,1-2H3. The number of nitrogens with zero attached hydrogens (tertiary/aromatic N) is 1. The summed E-state index contributed by atoms with van der Waals surface area (Å²) in [7, 11) is 0. The molecule has 1 atom stereocenters. The van der Waals surface area contributed by atoms with Crippen molar-refractivity contribution in [1.82, 2.24) is 0 Å². The highest BCUT2D eigenvalue weighted by Gasteiger charge is 2.39. The molecule has 12 heavy (non-hydrogen) atoms. The number of esters is 1. The van der Waals surface area contributed by atoms with Crippen molar-refractivity contribution >= 4 is 17.6 Å². The van der Waals surface area contributed by atoms with Crippen LogP contribution >= 0.6 is 11.6 Å². The van der Waals surface area contributed by atoms with Crippen LogP contribution in [0, 0.1) is 10.1 Å². The van der Waals surface area contributed by atoms with Crippen LogP contribution in [0.3, 0.4) is 0 Å². The van der Waals surface area contributed by atoms with E-state index in [1.807, 2.05) is 0 Å². The van der Waals surface area contributed by atoms with Crippen LogP contribution in [0.1, 0.15) is 20.3 Å². The molecule has 0 aromatic carbocycles. The van der Waals surface area contributed by atoms with Gasteiger partial charge in [-0.25, -0.2) is 0 Å². The highest BCUT2D eigenvalue weighted by atomic mass is 35.5. The third-order valence-electron chi connectivity index (χ3n) is 1.37. The summed E-state index contributed by atoms with van der Waals surface area (Å²) in [6, 6.07) is 0. The molecule has 5 nitrogen and oxygen atoms in total. The molecule has 0 fully saturated rings. The lowest BCUT2D eigenvalue weighted by molar-refractivity contribution is -0.545. The fourth-order valence-electron chi connectivity index (χ4n) is 0.496. The first-order valence-corrected chi connectivity index (χ1v) is 3.77. The first-order chi connectivity index (χ1) is 5.42. The van der Waals surface area contributed by atoms with E-state index in [0.29, 0.717) is 0 Å². The monoisotopic (exact) mass is 195 g/mol. The Hall–Kier alpha value is -0.840. The van der Waals surface area contributed by atoms with Gasteiger partial charge in [0.1, 0.15) is 0 Å². The highest BCUT2D eigenvalue weighted by molar-refractivity contribution is 6.22. The lowest BCUT2D eigenvalue weighted by atomic mass is 10.2. The van der Waals surface area contributed by atoms with Crippen molar-refractivity contribution in [2.45, 2.75) is 25.3 Å². The highest BCUT2D eigenvalue weighted by Crippen LogP contribution is 2.20. The minimum Gasteiger partial charge on any atom is -0.457 e. The average molecular weight is 196 g/mol. The Bertz CT molecular complexity index is 196. The molecule has 0 aliphatic rings. The lowest BCUT2D eigenvalue weighted by Gasteiger charge is -2.15. The third kappa shape index (κ3) is 3.04. The maximum Gasteiger partial charge on any atom is 0.328 e. The largest absolute Gasteiger partial charge is 0.457 e. The van der Waals surface area contributed by atoms with Crippen LogP contribution in [-0.2, 0) is 9.53 Å². The molecular weight excluding hydrogens is 186 g/mol. The molecule has 0 aliphatic carbocycles. The third-order valence-corrected chi connectivity index (χ3v) is 1.88. The minimum absolute atomic E-state index is 0.106. The van der Waals surface area contributed by atoms with Crippen molar-refractivity contribution in [3.8, 4) is 0 Å². The second-order valence-corrected chi connectivity index (χ2v) is 3.01. The number of alkyl halides is 1. The summed E-state index contributed by atoms with van der Waals surface area (Å²) < 4.78 is 4.45. The van der Waals surface area contributed by atoms with Gasteiger partial charge in [-0.15, -0.1) is 0 Å². The van der Waals surface area contributed by atoms with Crippen molar-refractivity contribution in [3.05, 3.63) is 10.1 Å².